The molecule has 0 aromatic carbocycles. The fraction of sp³-hybridized carbons (Fsp3) is 1.00. The van der Waals surface area contributed by atoms with Crippen LogP contribution >= 0.6 is 0 Å². The SMILES string of the molecule is CCC1CCCC(CC)[N+]1(C)CC. The maximum Gasteiger partial charge on any atom is 0.0887 e. The van der Waals surface area contributed by atoms with Crippen molar-refractivity contribution in [3.63, 3.8) is 0 Å². The van der Waals surface area contributed by atoms with Crippen molar-refractivity contribution in [3.05, 3.63) is 0 Å². The maximum absolute atomic E-state index is 2.47. The molecule has 13 heavy (non-hydrogen) atoms. The third-order valence-corrected chi connectivity index (χ3v) is 4.37. The van der Waals surface area contributed by atoms with Gasteiger partial charge in [-0.05, 0) is 39.0 Å². The molecule has 0 spiro atoms. The van der Waals surface area contributed by atoms with Gasteiger partial charge in [0.05, 0.1) is 25.7 Å². The third-order valence-electron chi connectivity index (χ3n) is 4.37. The Morgan fingerprint density at radius 3 is 1.77 bits per heavy atom. The van der Waals surface area contributed by atoms with Crippen LogP contribution < -0.4 is 0 Å². The minimum Gasteiger partial charge on any atom is -0.321 e. The number of hydrogen-bond donors (Lipinski definition) is 0. The van der Waals surface area contributed by atoms with Crippen molar-refractivity contribution in [2.45, 2.75) is 65.0 Å². The molecular weight excluding hydrogens is 158 g/mol. The summed E-state index contributed by atoms with van der Waals surface area (Å²) < 4.78 is 1.34. The van der Waals surface area contributed by atoms with E-state index >= 15 is 0 Å². The standard InChI is InChI=1S/C12H26N/c1-5-11-9-8-10-12(6-2)13(11,4)7-3/h11-12H,5-10H2,1-4H3/q+1. The van der Waals surface area contributed by atoms with Crippen LogP contribution in [-0.2, 0) is 0 Å². The summed E-state index contributed by atoms with van der Waals surface area (Å²) in [6, 6.07) is 1.87. The normalized spacial score (nSPS) is 40.6. The summed E-state index contributed by atoms with van der Waals surface area (Å²) in [5.41, 5.74) is 0. The molecule has 0 bridgehead atoms. The Morgan fingerprint density at radius 1 is 1.00 bits per heavy atom. The van der Waals surface area contributed by atoms with E-state index in [1.165, 1.54) is 43.1 Å². The number of hydrogen-bond acceptors (Lipinski definition) is 0. The average Bonchev–Trinajstić information content (AvgIpc) is 2.18. The van der Waals surface area contributed by atoms with Gasteiger partial charge in [0.1, 0.15) is 0 Å². The summed E-state index contributed by atoms with van der Waals surface area (Å²) in [5, 5.41) is 0. The lowest BCUT2D eigenvalue weighted by Gasteiger charge is -2.50. The molecule has 1 aliphatic rings. The van der Waals surface area contributed by atoms with E-state index in [9.17, 15) is 0 Å². The molecule has 1 rings (SSSR count). The highest BCUT2D eigenvalue weighted by molar-refractivity contribution is 4.71. The third kappa shape index (κ3) is 1.90. The van der Waals surface area contributed by atoms with Gasteiger partial charge in [-0.15, -0.1) is 0 Å². The van der Waals surface area contributed by atoms with E-state index in [0.29, 0.717) is 0 Å². The first-order chi connectivity index (χ1) is 6.19. The van der Waals surface area contributed by atoms with Crippen LogP contribution in [0.2, 0.25) is 0 Å². The van der Waals surface area contributed by atoms with Crippen molar-refractivity contribution < 1.29 is 4.48 Å². The summed E-state index contributed by atoms with van der Waals surface area (Å²) in [6.45, 7) is 8.39. The predicted molar refractivity (Wildman–Crippen MR) is 58.7 cm³/mol. The second-order valence-electron chi connectivity index (χ2n) is 4.72. The minimum atomic E-state index is 0.934. The Kier molecular flexibility index (Phi) is 3.78. The average molecular weight is 184 g/mol. The Labute approximate surface area is 83.7 Å². The minimum absolute atomic E-state index is 0.934. The van der Waals surface area contributed by atoms with E-state index in [-0.39, 0.29) is 0 Å². The quantitative estimate of drug-likeness (QED) is 0.591. The van der Waals surface area contributed by atoms with E-state index in [2.05, 4.69) is 27.8 Å². The van der Waals surface area contributed by atoms with Crippen LogP contribution in [0.4, 0.5) is 0 Å². The Morgan fingerprint density at radius 2 is 1.46 bits per heavy atom. The smallest absolute Gasteiger partial charge is 0.0887 e. The molecule has 1 aliphatic heterocycles. The molecule has 1 saturated heterocycles. The molecule has 1 fully saturated rings. The van der Waals surface area contributed by atoms with E-state index in [1.54, 1.807) is 0 Å². The van der Waals surface area contributed by atoms with Crippen molar-refractivity contribution in [3.8, 4) is 0 Å². The highest BCUT2D eigenvalue weighted by Gasteiger charge is 2.39. The van der Waals surface area contributed by atoms with E-state index in [4.69, 9.17) is 0 Å². The summed E-state index contributed by atoms with van der Waals surface area (Å²) in [5.74, 6) is 0. The number of rotatable bonds is 3. The lowest BCUT2D eigenvalue weighted by molar-refractivity contribution is -0.960. The second-order valence-corrected chi connectivity index (χ2v) is 4.72. The second kappa shape index (κ2) is 4.45. The predicted octanol–water partition coefficient (Wildman–Crippen LogP) is 3.19. The monoisotopic (exact) mass is 184 g/mol. The first-order valence-corrected chi connectivity index (χ1v) is 6.03. The molecule has 0 N–H and O–H groups in total. The van der Waals surface area contributed by atoms with Gasteiger partial charge in [-0.1, -0.05) is 13.8 Å². The number of piperidine rings is 1. The van der Waals surface area contributed by atoms with E-state index < -0.39 is 0 Å². The first kappa shape index (κ1) is 11.0. The van der Waals surface area contributed by atoms with Gasteiger partial charge in [-0.2, -0.15) is 0 Å². The molecule has 0 saturated carbocycles. The Bertz CT molecular complexity index is 141. The van der Waals surface area contributed by atoms with Gasteiger partial charge >= 0.3 is 0 Å². The molecule has 1 heteroatoms. The highest BCUT2D eigenvalue weighted by atomic mass is 15.4. The molecule has 2 atom stereocenters. The Balaban J connectivity index is 2.75. The highest BCUT2D eigenvalue weighted by Crippen LogP contribution is 2.32. The van der Waals surface area contributed by atoms with Crippen LogP contribution in [0.1, 0.15) is 52.9 Å². The van der Waals surface area contributed by atoms with E-state index in [0.717, 1.165) is 12.1 Å². The van der Waals surface area contributed by atoms with Gasteiger partial charge in [0, 0.05) is 0 Å². The molecule has 2 unspecified atom stereocenters. The maximum atomic E-state index is 2.47. The molecule has 1 heterocycles. The zero-order valence-corrected chi connectivity index (χ0v) is 9.84. The zero-order chi connectivity index (χ0) is 9.90. The number of quaternary nitrogens is 1. The van der Waals surface area contributed by atoms with Gasteiger partial charge in [0.2, 0.25) is 0 Å². The van der Waals surface area contributed by atoms with Crippen LogP contribution in [-0.4, -0.2) is 30.2 Å². The zero-order valence-electron chi connectivity index (χ0n) is 9.84. The Hall–Kier alpha value is -0.0400. The van der Waals surface area contributed by atoms with Crippen molar-refractivity contribution in [1.29, 1.82) is 0 Å². The van der Waals surface area contributed by atoms with Gasteiger partial charge in [0.15, 0.2) is 0 Å². The molecule has 0 aromatic heterocycles. The van der Waals surface area contributed by atoms with Crippen molar-refractivity contribution >= 4 is 0 Å². The molecule has 0 aliphatic carbocycles. The lowest BCUT2D eigenvalue weighted by atomic mass is 9.89. The summed E-state index contributed by atoms with van der Waals surface area (Å²) in [4.78, 5) is 0. The topological polar surface area (TPSA) is 0 Å². The van der Waals surface area contributed by atoms with Crippen molar-refractivity contribution in [2.24, 2.45) is 0 Å². The molecule has 78 valence electrons. The lowest BCUT2D eigenvalue weighted by Crippen LogP contribution is -2.60. The largest absolute Gasteiger partial charge is 0.321 e. The summed E-state index contributed by atoms with van der Waals surface area (Å²) in [6.07, 6.45) is 7.10. The molecule has 1 nitrogen and oxygen atoms in total. The summed E-state index contributed by atoms with van der Waals surface area (Å²) >= 11 is 0. The molecule has 0 radical (unpaired) electrons. The summed E-state index contributed by atoms with van der Waals surface area (Å²) in [7, 11) is 2.47. The first-order valence-electron chi connectivity index (χ1n) is 6.03. The van der Waals surface area contributed by atoms with Crippen LogP contribution in [0.25, 0.3) is 0 Å². The van der Waals surface area contributed by atoms with Gasteiger partial charge in [-0.3, -0.25) is 0 Å². The van der Waals surface area contributed by atoms with E-state index in [1.807, 2.05) is 0 Å². The van der Waals surface area contributed by atoms with Crippen LogP contribution in [0, 0.1) is 0 Å². The van der Waals surface area contributed by atoms with Crippen LogP contribution in [0.5, 0.6) is 0 Å². The number of likely N-dealkylation sites (tertiary alicyclic amines) is 1. The van der Waals surface area contributed by atoms with Crippen molar-refractivity contribution in [2.75, 3.05) is 13.6 Å². The fourth-order valence-corrected chi connectivity index (χ4v) is 3.24. The molecular formula is C12H26N+. The van der Waals surface area contributed by atoms with Crippen LogP contribution in [0.3, 0.4) is 0 Å². The van der Waals surface area contributed by atoms with Gasteiger partial charge in [0.25, 0.3) is 0 Å². The number of nitrogens with zero attached hydrogens (tertiary/aromatic N) is 1. The van der Waals surface area contributed by atoms with Crippen LogP contribution in [0.15, 0.2) is 0 Å². The van der Waals surface area contributed by atoms with Gasteiger partial charge in [-0.25, -0.2) is 0 Å². The molecule has 0 aromatic rings. The van der Waals surface area contributed by atoms with Crippen molar-refractivity contribution in [1.82, 2.24) is 0 Å². The fourth-order valence-electron chi connectivity index (χ4n) is 3.24. The van der Waals surface area contributed by atoms with Gasteiger partial charge < -0.3 is 4.48 Å². The molecule has 0 amide bonds.